The number of rotatable bonds is 6. The van der Waals surface area contributed by atoms with E-state index in [0.717, 1.165) is 16.2 Å². The molecular formula is C21H14BrN5O5. The maximum absolute atomic E-state index is 12.0. The summed E-state index contributed by atoms with van der Waals surface area (Å²) in [6, 6.07) is 13.4. The number of anilines is 2. The van der Waals surface area contributed by atoms with Gasteiger partial charge in [-0.15, -0.1) is 0 Å². The molecule has 0 atom stereocenters. The van der Waals surface area contributed by atoms with Crippen LogP contribution in [0.2, 0.25) is 0 Å². The second kappa shape index (κ2) is 8.94. The number of para-hydroxylation sites is 1. The van der Waals surface area contributed by atoms with E-state index in [1.54, 1.807) is 42.6 Å². The number of halogens is 1. The lowest BCUT2D eigenvalue weighted by molar-refractivity contribution is -0.385. The molecule has 0 spiro atoms. The van der Waals surface area contributed by atoms with E-state index in [9.17, 15) is 14.9 Å². The van der Waals surface area contributed by atoms with E-state index in [-0.39, 0.29) is 28.7 Å². The number of pyridine rings is 1. The van der Waals surface area contributed by atoms with E-state index in [4.69, 9.17) is 9.47 Å². The van der Waals surface area contributed by atoms with Crippen LogP contribution in [-0.4, -0.2) is 33.0 Å². The number of esters is 1. The smallest absolute Gasteiger partial charge is 0.373 e. The number of hydrogen-bond acceptors (Lipinski definition) is 9. The lowest BCUT2D eigenvalue weighted by atomic mass is 10.2. The normalized spacial score (nSPS) is 10.6. The summed E-state index contributed by atoms with van der Waals surface area (Å²) in [5.41, 5.74) is 0.468. The Kier molecular flexibility index (Phi) is 5.90. The van der Waals surface area contributed by atoms with Gasteiger partial charge in [0.05, 0.1) is 23.3 Å². The molecule has 0 amide bonds. The van der Waals surface area contributed by atoms with Crippen molar-refractivity contribution in [1.29, 1.82) is 0 Å². The summed E-state index contributed by atoms with van der Waals surface area (Å²) in [6.07, 6.45) is 2.71. The lowest BCUT2D eigenvalue weighted by Crippen LogP contribution is -2.08. The number of nitrogens with one attached hydrogen (secondary N) is 1. The van der Waals surface area contributed by atoms with E-state index in [0.29, 0.717) is 5.52 Å². The average molecular weight is 496 g/mol. The van der Waals surface area contributed by atoms with Crippen molar-refractivity contribution in [2.75, 3.05) is 12.4 Å². The maximum Gasteiger partial charge on any atom is 0.373 e. The molecule has 32 heavy (non-hydrogen) atoms. The van der Waals surface area contributed by atoms with Crippen LogP contribution in [0, 0.1) is 10.1 Å². The number of nitro groups is 1. The molecule has 2 aromatic heterocycles. The Morgan fingerprint density at radius 2 is 1.91 bits per heavy atom. The van der Waals surface area contributed by atoms with E-state index in [2.05, 4.69) is 36.2 Å². The van der Waals surface area contributed by atoms with Gasteiger partial charge in [0.1, 0.15) is 11.8 Å². The summed E-state index contributed by atoms with van der Waals surface area (Å²) >= 11 is 3.45. The average Bonchev–Trinajstić information content (AvgIpc) is 2.81. The third-order valence-electron chi connectivity index (χ3n) is 4.44. The quantitative estimate of drug-likeness (QED) is 0.222. The Labute approximate surface area is 189 Å². The molecule has 0 bridgehead atoms. The molecule has 4 aromatic rings. The molecule has 0 aliphatic rings. The Hall–Kier alpha value is -4.12. The number of ether oxygens (including phenoxy) is 2. The summed E-state index contributed by atoms with van der Waals surface area (Å²) in [6.45, 7) is 0. The molecule has 2 heterocycles. The van der Waals surface area contributed by atoms with Crippen molar-refractivity contribution in [2.45, 2.75) is 0 Å². The van der Waals surface area contributed by atoms with Gasteiger partial charge in [-0.3, -0.25) is 15.1 Å². The Balaban J connectivity index is 1.78. The molecule has 0 unspecified atom stereocenters. The van der Waals surface area contributed by atoms with Gasteiger partial charge in [-0.25, -0.2) is 9.78 Å². The third kappa shape index (κ3) is 4.05. The monoisotopic (exact) mass is 495 g/mol. The van der Waals surface area contributed by atoms with Gasteiger partial charge in [-0.2, -0.15) is 4.98 Å². The fourth-order valence-electron chi connectivity index (χ4n) is 3.00. The van der Waals surface area contributed by atoms with Gasteiger partial charge in [-0.05, 0) is 30.3 Å². The van der Waals surface area contributed by atoms with E-state index in [1.165, 1.54) is 13.2 Å². The van der Waals surface area contributed by atoms with E-state index in [1.807, 2.05) is 6.07 Å². The van der Waals surface area contributed by atoms with Crippen LogP contribution in [0.15, 0.2) is 65.5 Å². The summed E-state index contributed by atoms with van der Waals surface area (Å²) in [4.78, 5) is 35.5. The Morgan fingerprint density at radius 3 is 2.69 bits per heavy atom. The first-order chi connectivity index (χ1) is 15.5. The van der Waals surface area contributed by atoms with Crippen molar-refractivity contribution in [3.05, 3.63) is 81.2 Å². The second-order valence-corrected chi connectivity index (χ2v) is 7.20. The summed E-state index contributed by atoms with van der Waals surface area (Å²) in [5.74, 6) is -0.747. The maximum atomic E-state index is 12.0. The number of carbonyl (C=O) groups is 1. The predicted octanol–water partition coefficient (Wildman–Crippen LogP) is 5.02. The predicted molar refractivity (Wildman–Crippen MR) is 119 cm³/mol. The second-order valence-electron chi connectivity index (χ2n) is 6.34. The van der Waals surface area contributed by atoms with Gasteiger partial charge in [0.2, 0.25) is 5.82 Å². The SMILES string of the molecule is COC(=O)c1ccccc1Nc1ncnc(Oc2ccc(Br)c3cccnc23)c1[N+](=O)[O-]. The van der Waals surface area contributed by atoms with Crippen LogP contribution in [0.5, 0.6) is 11.6 Å². The van der Waals surface area contributed by atoms with Gasteiger partial charge in [-0.1, -0.05) is 34.1 Å². The highest BCUT2D eigenvalue weighted by atomic mass is 79.9. The van der Waals surface area contributed by atoms with Gasteiger partial charge >= 0.3 is 17.5 Å². The first-order valence-corrected chi connectivity index (χ1v) is 9.93. The van der Waals surface area contributed by atoms with Crippen LogP contribution in [0.3, 0.4) is 0 Å². The van der Waals surface area contributed by atoms with E-state index >= 15 is 0 Å². The van der Waals surface area contributed by atoms with Gasteiger partial charge in [0.15, 0.2) is 5.75 Å². The minimum atomic E-state index is -0.660. The number of carbonyl (C=O) groups excluding carboxylic acids is 1. The zero-order chi connectivity index (χ0) is 22.7. The highest BCUT2D eigenvalue weighted by Gasteiger charge is 2.27. The zero-order valence-corrected chi connectivity index (χ0v) is 18.1. The molecule has 4 rings (SSSR count). The van der Waals surface area contributed by atoms with Crippen molar-refractivity contribution >= 4 is 50.0 Å². The van der Waals surface area contributed by atoms with Crippen LogP contribution in [0.4, 0.5) is 17.2 Å². The van der Waals surface area contributed by atoms with Crippen LogP contribution < -0.4 is 10.1 Å². The molecule has 0 saturated carbocycles. The van der Waals surface area contributed by atoms with Crippen LogP contribution in [-0.2, 0) is 4.74 Å². The molecule has 160 valence electrons. The van der Waals surface area contributed by atoms with Crippen LogP contribution in [0.1, 0.15) is 10.4 Å². The zero-order valence-electron chi connectivity index (χ0n) is 16.5. The molecule has 10 nitrogen and oxygen atoms in total. The van der Waals surface area contributed by atoms with Crippen molar-refractivity contribution in [1.82, 2.24) is 15.0 Å². The minimum Gasteiger partial charge on any atom is -0.465 e. The Bertz CT molecular complexity index is 1350. The van der Waals surface area contributed by atoms with Crippen molar-refractivity contribution < 1.29 is 19.2 Å². The highest BCUT2D eigenvalue weighted by Crippen LogP contribution is 2.38. The van der Waals surface area contributed by atoms with E-state index < -0.39 is 16.6 Å². The number of fused-ring (bicyclic) bond motifs is 1. The first-order valence-electron chi connectivity index (χ1n) is 9.14. The van der Waals surface area contributed by atoms with Crippen LogP contribution in [0.25, 0.3) is 10.9 Å². The summed E-state index contributed by atoms with van der Waals surface area (Å²) in [7, 11) is 1.24. The van der Waals surface area contributed by atoms with Gasteiger partial charge in [0, 0.05) is 16.1 Å². The third-order valence-corrected chi connectivity index (χ3v) is 5.13. The topological polar surface area (TPSA) is 129 Å². The largest absolute Gasteiger partial charge is 0.465 e. The molecule has 0 saturated heterocycles. The van der Waals surface area contributed by atoms with Crippen molar-refractivity contribution in [2.24, 2.45) is 0 Å². The Morgan fingerprint density at radius 1 is 1.09 bits per heavy atom. The number of hydrogen-bond donors (Lipinski definition) is 1. The molecule has 2 aromatic carbocycles. The summed E-state index contributed by atoms with van der Waals surface area (Å²) in [5, 5.41) is 15.5. The van der Waals surface area contributed by atoms with Gasteiger partial charge in [0.25, 0.3) is 0 Å². The standard InChI is InChI=1S/C21H14BrN5O5/c1-31-21(28)13-5-2-3-7-15(13)26-19-18(27(29)30)20(25-11-24-19)32-16-9-8-14(22)12-6-4-10-23-17(12)16/h2-11H,1H3,(H,24,25,26). The van der Waals surface area contributed by atoms with Crippen LogP contribution >= 0.6 is 15.9 Å². The molecule has 0 aliphatic carbocycles. The number of benzene rings is 2. The molecule has 11 heteroatoms. The number of aromatic nitrogens is 3. The van der Waals surface area contributed by atoms with Crippen molar-refractivity contribution in [3.8, 4) is 11.6 Å². The molecular weight excluding hydrogens is 482 g/mol. The summed E-state index contributed by atoms with van der Waals surface area (Å²) < 4.78 is 11.4. The van der Waals surface area contributed by atoms with Gasteiger partial charge < -0.3 is 14.8 Å². The molecule has 0 radical (unpaired) electrons. The molecule has 1 N–H and O–H groups in total. The minimum absolute atomic E-state index is 0.147. The lowest BCUT2D eigenvalue weighted by Gasteiger charge is -2.12. The molecule has 0 fully saturated rings. The number of nitrogens with zero attached hydrogens (tertiary/aromatic N) is 4. The number of methoxy groups -OCH3 is 1. The fourth-order valence-corrected chi connectivity index (χ4v) is 3.45. The highest BCUT2D eigenvalue weighted by molar-refractivity contribution is 9.10. The first kappa shape index (κ1) is 21.1. The molecule has 0 aliphatic heterocycles. The fraction of sp³-hybridized carbons (Fsp3) is 0.0476. The van der Waals surface area contributed by atoms with Crippen molar-refractivity contribution in [3.63, 3.8) is 0 Å².